The fraction of sp³-hybridized carbons (Fsp3) is 0.206. The van der Waals surface area contributed by atoms with Gasteiger partial charge in [0.1, 0.15) is 12.4 Å². The summed E-state index contributed by atoms with van der Waals surface area (Å²) in [5, 5.41) is 3.83. The van der Waals surface area contributed by atoms with Crippen LogP contribution in [0.25, 0.3) is 0 Å². The number of hydrogen-bond acceptors (Lipinski definition) is 3. The molecule has 4 aromatic carbocycles. The molecule has 38 heavy (non-hydrogen) atoms. The predicted octanol–water partition coefficient (Wildman–Crippen LogP) is 9.22. The lowest BCUT2D eigenvalue weighted by Gasteiger charge is -2.37. The summed E-state index contributed by atoms with van der Waals surface area (Å²) in [5.41, 5.74) is 9.68. The maximum absolute atomic E-state index is 6.01. The quantitative estimate of drug-likeness (QED) is 0.187. The van der Waals surface area contributed by atoms with E-state index in [0.29, 0.717) is 24.5 Å². The van der Waals surface area contributed by atoms with Crippen LogP contribution in [0.15, 0.2) is 107 Å². The third kappa shape index (κ3) is 5.19. The van der Waals surface area contributed by atoms with Crippen molar-refractivity contribution in [2.75, 3.05) is 5.32 Å². The molecule has 1 aliphatic carbocycles. The Morgan fingerprint density at radius 2 is 1.71 bits per heavy atom. The number of nitrogens with one attached hydrogen (secondary N) is 1. The molecule has 1 aliphatic heterocycles. The average molecular weight is 564 g/mol. The van der Waals surface area contributed by atoms with Gasteiger partial charge in [0, 0.05) is 17.8 Å². The summed E-state index contributed by atoms with van der Waals surface area (Å²) in [6.07, 6.45) is 7.75. The molecular formula is C34H31BrN2O. The van der Waals surface area contributed by atoms with E-state index in [2.05, 4.69) is 114 Å². The lowest BCUT2D eigenvalue weighted by atomic mass is 9.76. The first-order valence-corrected chi connectivity index (χ1v) is 14.0. The monoisotopic (exact) mass is 562 g/mol. The van der Waals surface area contributed by atoms with Crippen molar-refractivity contribution >= 4 is 33.5 Å². The molecule has 0 aromatic heterocycles. The number of ether oxygens (including phenoxy) is 1. The van der Waals surface area contributed by atoms with Crippen LogP contribution in [0, 0.1) is 19.8 Å². The molecule has 4 aromatic rings. The van der Waals surface area contributed by atoms with Crippen LogP contribution in [-0.4, -0.2) is 6.21 Å². The van der Waals surface area contributed by atoms with E-state index in [-0.39, 0.29) is 0 Å². The zero-order valence-electron chi connectivity index (χ0n) is 21.7. The molecule has 0 fully saturated rings. The van der Waals surface area contributed by atoms with E-state index in [4.69, 9.17) is 9.73 Å². The molecular weight excluding hydrogens is 532 g/mol. The number of benzene rings is 4. The minimum atomic E-state index is 0.298. The van der Waals surface area contributed by atoms with Gasteiger partial charge in [-0.25, -0.2) is 0 Å². The molecule has 190 valence electrons. The van der Waals surface area contributed by atoms with E-state index < -0.39 is 0 Å². The van der Waals surface area contributed by atoms with E-state index in [1.807, 2.05) is 24.4 Å². The molecule has 0 saturated carbocycles. The Morgan fingerprint density at radius 1 is 0.921 bits per heavy atom. The molecule has 1 N–H and O–H groups in total. The van der Waals surface area contributed by atoms with E-state index >= 15 is 0 Å². The molecule has 6 rings (SSSR count). The number of anilines is 1. The average Bonchev–Trinajstić information content (AvgIpc) is 3.43. The van der Waals surface area contributed by atoms with Crippen molar-refractivity contribution in [3.05, 3.63) is 135 Å². The molecule has 0 amide bonds. The van der Waals surface area contributed by atoms with Gasteiger partial charge in [0.2, 0.25) is 0 Å². The molecule has 2 aliphatic rings. The number of aliphatic imine (C=N–C) groups is 1. The second-order valence-electron chi connectivity index (χ2n) is 10.4. The van der Waals surface area contributed by atoms with Crippen molar-refractivity contribution in [3.8, 4) is 5.75 Å². The highest BCUT2D eigenvalue weighted by Gasteiger charge is 2.37. The van der Waals surface area contributed by atoms with Crippen LogP contribution in [-0.2, 0) is 6.61 Å². The summed E-state index contributed by atoms with van der Waals surface area (Å²) in [7, 11) is 0. The number of allylic oxidation sites excluding steroid dienone is 2. The molecule has 0 bridgehead atoms. The van der Waals surface area contributed by atoms with Gasteiger partial charge in [0.25, 0.3) is 0 Å². The number of nitrogens with zero attached hydrogens (tertiary/aromatic N) is 1. The van der Waals surface area contributed by atoms with E-state index in [0.717, 1.165) is 33.5 Å². The molecule has 3 nitrogen and oxygen atoms in total. The Balaban J connectivity index is 1.12. The molecule has 0 unspecified atom stereocenters. The molecule has 1 heterocycles. The minimum Gasteiger partial charge on any atom is -0.488 e. The van der Waals surface area contributed by atoms with Gasteiger partial charge in [0.15, 0.2) is 0 Å². The van der Waals surface area contributed by atoms with Gasteiger partial charge in [-0.15, -0.1) is 0 Å². The van der Waals surface area contributed by atoms with Crippen LogP contribution in [0.3, 0.4) is 0 Å². The first-order chi connectivity index (χ1) is 18.5. The number of aryl methyl sites for hydroxylation is 2. The van der Waals surface area contributed by atoms with Crippen molar-refractivity contribution < 1.29 is 4.74 Å². The van der Waals surface area contributed by atoms with Crippen LogP contribution < -0.4 is 10.1 Å². The van der Waals surface area contributed by atoms with Gasteiger partial charge in [-0.1, -0.05) is 71.8 Å². The Labute approximate surface area is 233 Å². The van der Waals surface area contributed by atoms with Gasteiger partial charge in [-0.05, 0) is 101 Å². The number of halogens is 1. The lowest BCUT2D eigenvalue weighted by Crippen LogP contribution is -2.29. The highest BCUT2D eigenvalue weighted by atomic mass is 79.9. The smallest absolute Gasteiger partial charge is 0.134 e. The molecule has 0 spiro atoms. The minimum absolute atomic E-state index is 0.298. The zero-order valence-corrected chi connectivity index (χ0v) is 23.3. The SMILES string of the molecule is Cc1ccc(COc2ccc(C=Nc3ccc([C@@H]4Nc5ccc(C)cc5[C@H]5C=CC[C@@H]54)cc3)cc2Br)cc1. The molecule has 0 saturated heterocycles. The predicted molar refractivity (Wildman–Crippen MR) is 161 cm³/mol. The van der Waals surface area contributed by atoms with Crippen LogP contribution >= 0.6 is 15.9 Å². The third-order valence-electron chi connectivity index (χ3n) is 7.60. The topological polar surface area (TPSA) is 33.6 Å². The lowest BCUT2D eigenvalue weighted by molar-refractivity contribution is 0.304. The van der Waals surface area contributed by atoms with E-state index in [9.17, 15) is 0 Å². The first-order valence-electron chi connectivity index (χ1n) is 13.2. The van der Waals surface area contributed by atoms with Crippen LogP contribution in [0.1, 0.15) is 51.8 Å². The Morgan fingerprint density at radius 3 is 2.50 bits per heavy atom. The molecule has 4 heteroatoms. The van der Waals surface area contributed by atoms with Crippen LogP contribution in [0.5, 0.6) is 5.75 Å². The van der Waals surface area contributed by atoms with Crippen molar-refractivity contribution in [1.82, 2.24) is 0 Å². The largest absolute Gasteiger partial charge is 0.488 e. The van der Waals surface area contributed by atoms with Gasteiger partial charge in [-0.3, -0.25) is 4.99 Å². The molecule has 0 radical (unpaired) electrons. The first kappa shape index (κ1) is 24.7. The number of fused-ring (bicyclic) bond motifs is 3. The fourth-order valence-electron chi connectivity index (χ4n) is 5.52. The van der Waals surface area contributed by atoms with Crippen molar-refractivity contribution in [3.63, 3.8) is 0 Å². The Hall–Kier alpha value is -3.63. The van der Waals surface area contributed by atoms with Crippen molar-refractivity contribution in [2.24, 2.45) is 10.9 Å². The summed E-state index contributed by atoms with van der Waals surface area (Å²) in [6.45, 7) is 4.80. The summed E-state index contributed by atoms with van der Waals surface area (Å²) in [6, 6.07) is 30.2. The van der Waals surface area contributed by atoms with E-state index in [1.165, 1.54) is 27.9 Å². The fourth-order valence-corrected chi connectivity index (χ4v) is 6.03. The second kappa shape index (κ2) is 10.6. The summed E-state index contributed by atoms with van der Waals surface area (Å²) in [5.74, 6) is 1.85. The van der Waals surface area contributed by atoms with Crippen LogP contribution in [0.2, 0.25) is 0 Å². The highest BCUT2D eigenvalue weighted by molar-refractivity contribution is 9.10. The number of rotatable bonds is 6. The van der Waals surface area contributed by atoms with Crippen LogP contribution in [0.4, 0.5) is 11.4 Å². The van der Waals surface area contributed by atoms with E-state index in [1.54, 1.807) is 0 Å². The highest BCUT2D eigenvalue weighted by Crippen LogP contribution is 2.50. The Bertz CT molecular complexity index is 1510. The van der Waals surface area contributed by atoms with Gasteiger partial charge in [0.05, 0.1) is 16.2 Å². The third-order valence-corrected chi connectivity index (χ3v) is 8.22. The van der Waals surface area contributed by atoms with Gasteiger partial charge < -0.3 is 10.1 Å². The zero-order chi connectivity index (χ0) is 26.1. The molecule has 3 atom stereocenters. The van der Waals surface area contributed by atoms with Crippen molar-refractivity contribution in [2.45, 2.75) is 38.8 Å². The maximum atomic E-state index is 6.01. The number of hydrogen-bond donors (Lipinski definition) is 1. The summed E-state index contributed by atoms with van der Waals surface area (Å²) in [4.78, 5) is 4.73. The summed E-state index contributed by atoms with van der Waals surface area (Å²) < 4.78 is 6.93. The van der Waals surface area contributed by atoms with Gasteiger partial charge in [-0.2, -0.15) is 0 Å². The van der Waals surface area contributed by atoms with Gasteiger partial charge >= 0.3 is 0 Å². The summed E-state index contributed by atoms with van der Waals surface area (Å²) >= 11 is 3.65. The maximum Gasteiger partial charge on any atom is 0.134 e. The van der Waals surface area contributed by atoms with Crippen molar-refractivity contribution in [1.29, 1.82) is 0 Å². The standard InChI is InChI=1S/C34H31BrN2O/c1-22-6-9-24(10-7-22)21-38-33-17-11-25(19-31(33)35)20-36-27-14-12-26(13-15-27)34-29-5-3-4-28(29)30-18-23(2)8-16-32(30)37-34/h3-4,6-20,28-29,34,37H,5,21H2,1-2H3/t28-,29-,34-/m0/s1. The second-order valence-corrected chi connectivity index (χ2v) is 11.2. The normalized spacial score (nSPS) is 19.7. The Kier molecular flexibility index (Phi) is 6.90.